The van der Waals surface area contributed by atoms with Crippen LogP contribution in [0.5, 0.6) is 0 Å². The van der Waals surface area contributed by atoms with Crippen LogP contribution in [-0.4, -0.2) is 38.7 Å². The van der Waals surface area contributed by atoms with Gasteiger partial charge in [0.1, 0.15) is 7.85 Å². The molecule has 1 heterocycles. The summed E-state index contributed by atoms with van der Waals surface area (Å²) in [6.45, 7) is 4.52. The Morgan fingerprint density at radius 3 is 2.75 bits per heavy atom. The van der Waals surface area contributed by atoms with Crippen LogP contribution in [0.3, 0.4) is 0 Å². The molecule has 0 aromatic carbocycles. The van der Waals surface area contributed by atoms with E-state index < -0.39 is 0 Å². The molecule has 3 nitrogen and oxygen atoms in total. The molecule has 1 aliphatic heterocycles. The Kier molecular flexibility index (Phi) is 3.56. The third kappa shape index (κ3) is 2.77. The zero-order valence-electron chi connectivity index (χ0n) is 7.69. The van der Waals surface area contributed by atoms with Crippen molar-refractivity contribution in [2.24, 2.45) is 5.73 Å². The maximum atomic E-state index is 5.77. The average Bonchev–Trinajstić information content (AvgIpc) is 2.26. The normalized spacial score (nSPS) is 36.2. The predicted octanol–water partition coefficient (Wildman–Crippen LogP) is 0.0222. The van der Waals surface area contributed by atoms with Crippen LogP contribution in [0.4, 0.5) is 0 Å². The van der Waals surface area contributed by atoms with Gasteiger partial charge in [0.15, 0.2) is 0 Å². The lowest BCUT2D eigenvalue weighted by Crippen LogP contribution is -2.34. The number of hydrogen-bond acceptors (Lipinski definition) is 3. The smallest absolute Gasteiger partial charge is 0.109 e. The molecule has 0 aromatic heterocycles. The fourth-order valence-electron chi connectivity index (χ4n) is 1.25. The highest BCUT2D eigenvalue weighted by atomic mass is 16.5. The van der Waals surface area contributed by atoms with Gasteiger partial charge in [-0.1, -0.05) is 0 Å². The zero-order valence-corrected chi connectivity index (χ0v) is 7.69. The van der Waals surface area contributed by atoms with Crippen LogP contribution in [0.25, 0.3) is 0 Å². The Labute approximate surface area is 75.0 Å². The van der Waals surface area contributed by atoms with Gasteiger partial charge in [-0.2, -0.15) is 0 Å². The Morgan fingerprint density at radius 1 is 1.67 bits per heavy atom. The van der Waals surface area contributed by atoms with E-state index in [0.717, 1.165) is 6.42 Å². The average molecular weight is 169 g/mol. The third-order valence-corrected chi connectivity index (χ3v) is 1.93. The summed E-state index contributed by atoms with van der Waals surface area (Å²) in [5.41, 5.74) is 5.77. The molecular weight excluding hydrogens is 153 g/mol. The van der Waals surface area contributed by atoms with E-state index >= 15 is 0 Å². The van der Waals surface area contributed by atoms with E-state index in [0.29, 0.717) is 6.61 Å². The maximum Gasteiger partial charge on any atom is 0.109 e. The molecule has 1 rings (SSSR count). The summed E-state index contributed by atoms with van der Waals surface area (Å²) in [6, 6.07) is -0.181. The van der Waals surface area contributed by atoms with Gasteiger partial charge < -0.3 is 15.2 Å². The van der Waals surface area contributed by atoms with E-state index in [1.807, 2.05) is 13.8 Å². The van der Waals surface area contributed by atoms with Crippen molar-refractivity contribution in [1.82, 2.24) is 0 Å². The van der Waals surface area contributed by atoms with E-state index in [4.69, 9.17) is 23.1 Å². The summed E-state index contributed by atoms with van der Waals surface area (Å²) in [6.07, 6.45) is 0.923. The van der Waals surface area contributed by atoms with E-state index in [-0.39, 0.29) is 24.3 Å². The second kappa shape index (κ2) is 4.26. The van der Waals surface area contributed by atoms with Gasteiger partial charge in [-0.15, -0.1) is 0 Å². The molecule has 4 heteroatoms. The lowest BCUT2D eigenvalue weighted by atomic mass is 9.95. The third-order valence-electron chi connectivity index (χ3n) is 1.93. The Balaban J connectivity index is 2.23. The summed E-state index contributed by atoms with van der Waals surface area (Å²) in [7, 11) is 5.56. The maximum absolute atomic E-state index is 5.77. The largest absolute Gasteiger partial charge is 0.381 e. The molecule has 0 aromatic rings. The first-order valence-electron chi connectivity index (χ1n) is 4.38. The highest BCUT2D eigenvalue weighted by molar-refractivity contribution is 6.11. The summed E-state index contributed by atoms with van der Waals surface area (Å²) >= 11 is 0. The minimum absolute atomic E-state index is 0.0256. The minimum Gasteiger partial charge on any atom is -0.381 e. The van der Waals surface area contributed by atoms with Crippen LogP contribution >= 0.6 is 0 Å². The highest BCUT2D eigenvalue weighted by Crippen LogP contribution is 2.16. The van der Waals surface area contributed by atoms with Gasteiger partial charge in [0, 0.05) is 12.0 Å². The van der Waals surface area contributed by atoms with Crippen LogP contribution < -0.4 is 5.73 Å². The molecule has 3 atom stereocenters. The molecule has 1 fully saturated rings. The second-order valence-corrected chi connectivity index (χ2v) is 3.49. The van der Waals surface area contributed by atoms with E-state index in [1.165, 1.54) is 0 Å². The molecule has 0 aliphatic carbocycles. The summed E-state index contributed by atoms with van der Waals surface area (Å²) in [5, 5.41) is 0. The number of nitrogens with two attached hydrogens (primary N) is 1. The highest BCUT2D eigenvalue weighted by Gasteiger charge is 2.29. The van der Waals surface area contributed by atoms with E-state index in [1.54, 1.807) is 0 Å². The molecular formula is C8H16BNO2. The van der Waals surface area contributed by atoms with Gasteiger partial charge in [-0.3, -0.25) is 0 Å². The van der Waals surface area contributed by atoms with Crippen molar-refractivity contribution in [3.63, 3.8) is 0 Å². The molecule has 0 spiro atoms. The van der Waals surface area contributed by atoms with Gasteiger partial charge in [0.05, 0.1) is 18.8 Å². The van der Waals surface area contributed by atoms with Gasteiger partial charge in [-0.05, 0) is 20.3 Å². The number of ether oxygens (including phenoxy) is 2. The molecule has 2 N–H and O–H groups in total. The molecule has 1 aliphatic rings. The molecule has 68 valence electrons. The van der Waals surface area contributed by atoms with Crippen LogP contribution in [0.15, 0.2) is 0 Å². The van der Waals surface area contributed by atoms with Crippen molar-refractivity contribution in [1.29, 1.82) is 0 Å². The van der Waals surface area contributed by atoms with Gasteiger partial charge in [0.25, 0.3) is 0 Å². The molecule has 0 bridgehead atoms. The van der Waals surface area contributed by atoms with Crippen molar-refractivity contribution in [3.05, 3.63) is 0 Å². The quantitative estimate of drug-likeness (QED) is 0.605. The first-order valence-corrected chi connectivity index (χ1v) is 4.38. The van der Waals surface area contributed by atoms with Gasteiger partial charge >= 0.3 is 0 Å². The van der Waals surface area contributed by atoms with Crippen LogP contribution in [-0.2, 0) is 9.47 Å². The fourth-order valence-corrected chi connectivity index (χ4v) is 1.25. The van der Waals surface area contributed by atoms with Crippen LogP contribution in [0.1, 0.15) is 20.3 Å². The van der Waals surface area contributed by atoms with Crippen molar-refractivity contribution in [2.75, 3.05) is 6.61 Å². The topological polar surface area (TPSA) is 44.5 Å². The van der Waals surface area contributed by atoms with Crippen molar-refractivity contribution >= 4 is 7.85 Å². The summed E-state index contributed by atoms with van der Waals surface area (Å²) < 4.78 is 10.7. The molecule has 0 unspecified atom stereocenters. The monoisotopic (exact) mass is 169 g/mol. The SMILES string of the molecule is [B][C@H]1C[C@@H](N)[C@@H](COC(C)C)O1. The van der Waals surface area contributed by atoms with Crippen molar-refractivity contribution in [2.45, 2.75) is 44.5 Å². The fraction of sp³-hybridized carbons (Fsp3) is 1.00. The number of hydrogen-bond donors (Lipinski definition) is 1. The first kappa shape index (κ1) is 10.0. The van der Waals surface area contributed by atoms with Gasteiger partial charge in [-0.25, -0.2) is 0 Å². The Hall–Kier alpha value is -0.0551. The minimum atomic E-state index is -0.208. The molecule has 1 saturated heterocycles. The Bertz CT molecular complexity index is 143. The van der Waals surface area contributed by atoms with Crippen LogP contribution in [0, 0.1) is 0 Å². The van der Waals surface area contributed by atoms with Crippen molar-refractivity contribution < 1.29 is 9.47 Å². The Morgan fingerprint density at radius 2 is 2.33 bits per heavy atom. The predicted molar refractivity (Wildman–Crippen MR) is 48.1 cm³/mol. The standard InChI is InChI=1S/C8H16BNO2/c1-5(2)11-4-7-6(10)3-8(9)12-7/h5-8H,3-4,10H2,1-2H3/t6-,7-,8-/m1/s1. The first-order chi connectivity index (χ1) is 5.59. The lowest BCUT2D eigenvalue weighted by Gasteiger charge is -2.16. The molecule has 0 saturated carbocycles. The molecule has 0 amide bonds. The second-order valence-electron chi connectivity index (χ2n) is 3.49. The molecule has 12 heavy (non-hydrogen) atoms. The summed E-state index contributed by atoms with van der Waals surface area (Å²) in [5.74, 6) is 0. The van der Waals surface area contributed by atoms with Crippen molar-refractivity contribution in [3.8, 4) is 0 Å². The number of rotatable bonds is 3. The van der Waals surface area contributed by atoms with E-state index in [2.05, 4.69) is 0 Å². The summed E-state index contributed by atoms with van der Waals surface area (Å²) in [4.78, 5) is 0. The zero-order chi connectivity index (χ0) is 9.14. The van der Waals surface area contributed by atoms with Crippen LogP contribution in [0.2, 0.25) is 0 Å². The molecule has 2 radical (unpaired) electrons. The van der Waals surface area contributed by atoms with Gasteiger partial charge in [0.2, 0.25) is 0 Å². The van der Waals surface area contributed by atoms with E-state index in [9.17, 15) is 0 Å². The lowest BCUT2D eigenvalue weighted by molar-refractivity contribution is -0.0193.